The van der Waals surface area contributed by atoms with Crippen molar-refractivity contribution in [3.05, 3.63) is 41.9 Å². The Kier molecular flexibility index (Phi) is 1.85. The van der Waals surface area contributed by atoms with Crippen LogP contribution >= 0.6 is 22.7 Å². The minimum absolute atomic E-state index is 1.15. The van der Waals surface area contributed by atoms with Crippen LogP contribution < -0.4 is 0 Å². The lowest BCUT2D eigenvalue weighted by Gasteiger charge is -1.93. The molecule has 2 heterocycles. The monoisotopic (exact) mass is 217 g/mol. The Labute approximate surface area is 89.7 Å². The van der Waals surface area contributed by atoms with E-state index in [1.807, 2.05) is 11.6 Å². The van der Waals surface area contributed by atoms with Gasteiger partial charge in [0.05, 0.1) is 10.2 Å². The Morgan fingerprint density at radius 3 is 2.71 bits per heavy atom. The van der Waals surface area contributed by atoms with Crippen LogP contribution in [0.2, 0.25) is 0 Å². The molecule has 0 aliphatic rings. The molecule has 0 fully saturated rings. The van der Waals surface area contributed by atoms with Crippen LogP contribution in [0.25, 0.3) is 20.0 Å². The summed E-state index contributed by atoms with van der Waals surface area (Å²) in [5, 5.41) is 0. The molecule has 2 aromatic heterocycles. The highest BCUT2D eigenvalue weighted by molar-refractivity contribution is 7.28. The first-order valence-electron chi connectivity index (χ1n) is 4.32. The third-order valence-electron chi connectivity index (χ3n) is 2.09. The molecule has 1 aromatic carbocycles. The Balaban J connectivity index is 2.19. The molecule has 1 nitrogen and oxygen atoms in total. The molecule has 14 heavy (non-hydrogen) atoms. The summed E-state index contributed by atoms with van der Waals surface area (Å²) in [6.07, 6.45) is 0. The zero-order valence-corrected chi connectivity index (χ0v) is 8.94. The van der Waals surface area contributed by atoms with Crippen LogP contribution in [0.4, 0.5) is 0 Å². The van der Waals surface area contributed by atoms with E-state index in [1.54, 1.807) is 22.7 Å². The lowest BCUT2D eigenvalue weighted by molar-refractivity contribution is 1.54. The molecule has 0 aliphatic heterocycles. The number of hydrogen-bond acceptors (Lipinski definition) is 3. The van der Waals surface area contributed by atoms with E-state index in [1.165, 1.54) is 15.1 Å². The Bertz CT molecular complexity index is 522. The van der Waals surface area contributed by atoms with Gasteiger partial charge >= 0.3 is 0 Å². The fourth-order valence-electron chi connectivity index (χ4n) is 1.41. The van der Waals surface area contributed by atoms with Crippen molar-refractivity contribution in [3.8, 4) is 10.4 Å². The molecule has 3 heteroatoms. The van der Waals surface area contributed by atoms with E-state index >= 15 is 0 Å². The normalized spacial score (nSPS) is 10.9. The minimum Gasteiger partial charge on any atom is -0.234 e. The van der Waals surface area contributed by atoms with E-state index in [2.05, 4.69) is 35.3 Å². The molecular formula is C11H7NS2. The third kappa shape index (κ3) is 1.25. The van der Waals surface area contributed by atoms with Crippen molar-refractivity contribution in [2.75, 3.05) is 0 Å². The van der Waals surface area contributed by atoms with E-state index in [0.29, 0.717) is 0 Å². The number of hydrogen-bond donors (Lipinski definition) is 0. The fraction of sp³-hybridized carbons (Fsp3) is 0. The molecule has 68 valence electrons. The third-order valence-corrected chi connectivity index (χ3v) is 4.08. The lowest BCUT2D eigenvalue weighted by Crippen LogP contribution is -1.67. The molecule has 0 amide bonds. The number of aromatic nitrogens is 1. The summed E-state index contributed by atoms with van der Waals surface area (Å²) in [5.41, 5.74) is 3.18. The van der Waals surface area contributed by atoms with Gasteiger partial charge in [-0.15, -0.1) is 22.7 Å². The molecule has 0 aliphatic carbocycles. The first kappa shape index (κ1) is 8.15. The summed E-state index contributed by atoms with van der Waals surface area (Å²) in [7, 11) is 0. The molecule has 0 unspecified atom stereocenters. The van der Waals surface area contributed by atoms with Crippen molar-refractivity contribution in [1.29, 1.82) is 0 Å². The zero-order valence-electron chi connectivity index (χ0n) is 7.31. The molecule has 3 aromatic rings. The zero-order chi connectivity index (χ0) is 9.38. The van der Waals surface area contributed by atoms with Gasteiger partial charge in [0.2, 0.25) is 0 Å². The number of thiazole rings is 1. The first-order valence-corrected chi connectivity index (χ1v) is 6.01. The maximum Gasteiger partial charge on any atom is 0.134 e. The van der Waals surface area contributed by atoms with Crippen LogP contribution in [-0.2, 0) is 0 Å². The Morgan fingerprint density at radius 2 is 1.93 bits per heavy atom. The standard InChI is InChI=1S/C11H7NS2/c1-2-4-8(5-3-1)9-6-10-11(14-9)12-7-13-10/h1-7H. The van der Waals surface area contributed by atoms with E-state index < -0.39 is 0 Å². The van der Waals surface area contributed by atoms with Crippen molar-refractivity contribution >= 4 is 32.2 Å². The van der Waals surface area contributed by atoms with Gasteiger partial charge in [-0.2, -0.15) is 0 Å². The van der Waals surface area contributed by atoms with E-state index in [4.69, 9.17) is 0 Å². The fourth-order valence-corrected chi connectivity index (χ4v) is 3.34. The molecule has 0 atom stereocenters. The van der Waals surface area contributed by atoms with Crippen molar-refractivity contribution < 1.29 is 0 Å². The molecule has 3 rings (SSSR count). The van der Waals surface area contributed by atoms with Crippen molar-refractivity contribution in [2.45, 2.75) is 0 Å². The number of nitrogens with zero attached hydrogens (tertiary/aromatic N) is 1. The van der Waals surface area contributed by atoms with Gasteiger partial charge in [0.1, 0.15) is 4.83 Å². The van der Waals surface area contributed by atoms with Crippen LogP contribution in [0.1, 0.15) is 0 Å². The minimum atomic E-state index is 1.15. The summed E-state index contributed by atoms with van der Waals surface area (Å²) < 4.78 is 1.29. The number of rotatable bonds is 1. The highest BCUT2D eigenvalue weighted by Crippen LogP contribution is 2.34. The van der Waals surface area contributed by atoms with Crippen LogP contribution in [0.15, 0.2) is 41.9 Å². The predicted molar refractivity (Wildman–Crippen MR) is 62.9 cm³/mol. The second-order valence-corrected chi connectivity index (χ2v) is 4.92. The molecule has 0 bridgehead atoms. The summed E-state index contributed by atoms with van der Waals surface area (Å²) in [4.78, 5) is 6.75. The predicted octanol–water partition coefficient (Wildman–Crippen LogP) is 4.02. The molecular weight excluding hydrogens is 210 g/mol. The van der Waals surface area contributed by atoms with Gasteiger partial charge < -0.3 is 0 Å². The highest BCUT2D eigenvalue weighted by Gasteiger charge is 2.04. The average molecular weight is 217 g/mol. The summed E-state index contributed by atoms with van der Waals surface area (Å²) in [5.74, 6) is 0. The SMILES string of the molecule is c1ccc(-c2cc3scnc3s2)cc1. The van der Waals surface area contributed by atoms with E-state index in [9.17, 15) is 0 Å². The number of benzene rings is 1. The van der Waals surface area contributed by atoms with Crippen molar-refractivity contribution in [1.82, 2.24) is 4.98 Å². The molecule has 0 radical (unpaired) electrons. The van der Waals surface area contributed by atoms with Crippen LogP contribution in [-0.4, -0.2) is 4.98 Å². The number of fused-ring (bicyclic) bond motifs is 1. The largest absolute Gasteiger partial charge is 0.234 e. The van der Waals surface area contributed by atoms with Gasteiger partial charge in [-0.1, -0.05) is 30.3 Å². The van der Waals surface area contributed by atoms with Gasteiger partial charge in [-0.3, -0.25) is 0 Å². The molecule has 0 saturated heterocycles. The van der Waals surface area contributed by atoms with Crippen molar-refractivity contribution in [2.24, 2.45) is 0 Å². The average Bonchev–Trinajstić information content (AvgIpc) is 2.78. The second kappa shape index (κ2) is 3.19. The summed E-state index contributed by atoms with van der Waals surface area (Å²) in [6, 6.07) is 12.7. The van der Waals surface area contributed by atoms with E-state index in [0.717, 1.165) is 4.83 Å². The maximum atomic E-state index is 4.30. The van der Waals surface area contributed by atoms with E-state index in [-0.39, 0.29) is 0 Å². The molecule has 0 saturated carbocycles. The number of thiophene rings is 1. The second-order valence-electron chi connectivity index (χ2n) is 3.00. The first-order chi connectivity index (χ1) is 6.93. The lowest BCUT2D eigenvalue weighted by atomic mass is 10.2. The molecule has 0 N–H and O–H groups in total. The van der Waals surface area contributed by atoms with Gasteiger partial charge in [0.25, 0.3) is 0 Å². The van der Waals surface area contributed by atoms with Gasteiger partial charge in [0.15, 0.2) is 0 Å². The van der Waals surface area contributed by atoms with Gasteiger partial charge in [0, 0.05) is 4.88 Å². The highest BCUT2D eigenvalue weighted by atomic mass is 32.1. The Morgan fingerprint density at radius 1 is 1.07 bits per heavy atom. The van der Waals surface area contributed by atoms with Crippen molar-refractivity contribution in [3.63, 3.8) is 0 Å². The quantitative estimate of drug-likeness (QED) is 0.600. The topological polar surface area (TPSA) is 12.9 Å². The van der Waals surface area contributed by atoms with Gasteiger partial charge in [-0.05, 0) is 11.6 Å². The Hall–Kier alpha value is -1.19. The smallest absolute Gasteiger partial charge is 0.134 e. The van der Waals surface area contributed by atoms with Gasteiger partial charge in [-0.25, -0.2) is 4.98 Å². The maximum absolute atomic E-state index is 4.30. The van der Waals surface area contributed by atoms with Crippen LogP contribution in [0.5, 0.6) is 0 Å². The van der Waals surface area contributed by atoms with Crippen LogP contribution in [0, 0.1) is 0 Å². The van der Waals surface area contributed by atoms with Crippen LogP contribution in [0.3, 0.4) is 0 Å². The summed E-state index contributed by atoms with van der Waals surface area (Å²) >= 11 is 3.46. The molecule has 0 spiro atoms. The summed E-state index contributed by atoms with van der Waals surface area (Å²) in [6.45, 7) is 0.